The van der Waals surface area contributed by atoms with Crippen molar-refractivity contribution in [3.8, 4) is 44.5 Å². The number of hydrogen-bond acceptors (Lipinski definition) is 2. The van der Waals surface area contributed by atoms with E-state index in [1.54, 1.807) is 5.56 Å². The third-order valence-corrected chi connectivity index (χ3v) is 15.1. The van der Waals surface area contributed by atoms with Crippen LogP contribution < -0.4 is 4.90 Å². The third kappa shape index (κ3) is 4.60. The van der Waals surface area contributed by atoms with Gasteiger partial charge in [-0.15, -0.1) is 0 Å². The summed E-state index contributed by atoms with van der Waals surface area (Å²) in [6.07, 6.45) is 5.30. The highest BCUT2D eigenvalue weighted by Crippen LogP contribution is 2.66. The van der Waals surface area contributed by atoms with Crippen molar-refractivity contribution >= 4 is 39.0 Å². The Balaban J connectivity index is 0.975. The van der Waals surface area contributed by atoms with Crippen molar-refractivity contribution in [2.45, 2.75) is 50.4 Å². The number of anilines is 3. The molecule has 0 radical (unpaired) electrons. The molecule has 1 heterocycles. The van der Waals surface area contributed by atoms with E-state index in [1.807, 2.05) is 0 Å². The second-order valence-corrected chi connectivity index (χ2v) is 18.4. The van der Waals surface area contributed by atoms with Gasteiger partial charge in [0.2, 0.25) is 0 Å². The lowest BCUT2D eigenvalue weighted by atomic mass is 9.67. The van der Waals surface area contributed by atoms with Gasteiger partial charge in [-0.3, -0.25) is 0 Å². The summed E-state index contributed by atoms with van der Waals surface area (Å²) in [6, 6.07) is 65.7. The molecular weight excluding hydrogens is 727 g/mol. The summed E-state index contributed by atoms with van der Waals surface area (Å²) in [5, 5.41) is 2.28. The summed E-state index contributed by atoms with van der Waals surface area (Å²) in [7, 11) is 0. The molecule has 2 saturated carbocycles. The summed E-state index contributed by atoms with van der Waals surface area (Å²) in [4.78, 5) is 2.45. The van der Waals surface area contributed by atoms with E-state index in [0.717, 1.165) is 39.2 Å². The lowest BCUT2D eigenvalue weighted by Crippen LogP contribution is -2.32. The van der Waals surface area contributed by atoms with Gasteiger partial charge in [-0.25, -0.2) is 0 Å². The minimum atomic E-state index is -0.106. The van der Waals surface area contributed by atoms with Crippen LogP contribution in [0.15, 0.2) is 180 Å². The molecule has 4 aliphatic carbocycles. The van der Waals surface area contributed by atoms with E-state index in [0.29, 0.717) is 5.92 Å². The molecule has 2 heteroatoms. The Morgan fingerprint density at radius 3 is 1.90 bits per heavy atom. The Hall–Kier alpha value is -6.64. The van der Waals surface area contributed by atoms with Crippen LogP contribution in [0.2, 0.25) is 0 Å². The van der Waals surface area contributed by atoms with Crippen molar-refractivity contribution in [3.63, 3.8) is 0 Å². The van der Waals surface area contributed by atoms with Gasteiger partial charge in [0.1, 0.15) is 5.58 Å². The first kappa shape index (κ1) is 34.2. The normalized spacial score (nSPS) is 20.1. The minimum Gasteiger partial charge on any atom is -0.454 e. The average Bonchev–Trinajstić information content (AvgIpc) is 4.11. The van der Waals surface area contributed by atoms with Gasteiger partial charge in [-0.2, -0.15) is 0 Å². The fourth-order valence-corrected chi connectivity index (χ4v) is 12.7. The molecule has 9 aromatic rings. The summed E-state index contributed by atoms with van der Waals surface area (Å²) < 4.78 is 6.78. The predicted octanol–water partition coefficient (Wildman–Crippen LogP) is 15.8. The Labute approximate surface area is 351 Å². The van der Waals surface area contributed by atoms with E-state index >= 15 is 0 Å². The highest BCUT2D eigenvalue weighted by atomic mass is 16.3. The number of hydrogen-bond donors (Lipinski definition) is 0. The monoisotopic (exact) mass is 771 g/mol. The van der Waals surface area contributed by atoms with Crippen LogP contribution in [0.4, 0.5) is 17.1 Å². The number of nitrogens with zero attached hydrogens (tertiary/aromatic N) is 1. The fraction of sp³-hybridized carbons (Fsp3) is 0.172. The molecule has 3 atom stereocenters. The molecule has 13 rings (SSSR count). The van der Waals surface area contributed by atoms with Crippen molar-refractivity contribution in [2.24, 2.45) is 11.8 Å². The van der Waals surface area contributed by atoms with Crippen molar-refractivity contribution in [2.75, 3.05) is 4.90 Å². The molecule has 0 saturated heterocycles. The van der Waals surface area contributed by atoms with E-state index in [1.165, 1.54) is 92.6 Å². The molecule has 2 fully saturated rings. The van der Waals surface area contributed by atoms with Crippen LogP contribution in [0.3, 0.4) is 0 Å². The molecule has 288 valence electrons. The molecular formula is C58H45NO. The number of fused-ring (bicyclic) bond motifs is 14. The highest BCUT2D eigenvalue weighted by molar-refractivity contribution is 6.10. The first-order valence-corrected chi connectivity index (χ1v) is 21.9. The van der Waals surface area contributed by atoms with Gasteiger partial charge in [0.05, 0.1) is 5.69 Å². The molecule has 1 spiro atoms. The first-order chi connectivity index (χ1) is 29.5. The molecule has 1 aromatic heterocycles. The topological polar surface area (TPSA) is 16.4 Å². The van der Waals surface area contributed by atoms with E-state index in [4.69, 9.17) is 4.42 Å². The van der Waals surface area contributed by atoms with Crippen molar-refractivity contribution in [1.29, 1.82) is 0 Å². The van der Waals surface area contributed by atoms with Crippen LogP contribution in [0, 0.1) is 11.8 Å². The van der Waals surface area contributed by atoms with Gasteiger partial charge < -0.3 is 9.32 Å². The standard InChI is InChI=1S/C58H45NO/c1-57(2)50-21-8-5-16-44(50)48-19-11-18-47(55(48)57)42-14-4-3-13-41(42)37-26-29-39(30-27-37)59(53-23-12-20-49-46-17-7-10-24-54(46)60-56(49)53)40-31-32-45-43-15-6-9-22-51(43)58(52(45)34-40)35-36-25-28-38(58)33-36/h3-24,26-27,29-32,34,36,38H,25,28,33,35H2,1-2H3. The summed E-state index contributed by atoms with van der Waals surface area (Å²) in [5.41, 5.74) is 21.6. The largest absolute Gasteiger partial charge is 0.454 e. The van der Waals surface area contributed by atoms with E-state index < -0.39 is 0 Å². The zero-order valence-corrected chi connectivity index (χ0v) is 34.1. The molecule has 60 heavy (non-hydrogen) atoms. The van der Waals surface area contributed by atoms with Crippen LogP contribution in [-0.2, 0) is 10.8 Å². The smallest absolute Gasteiger partial charge is 0.159 e. The number of benzene rings is 8. The van der Waals surface area contributed by atoms with Gasteiger partial charge in [-0.1, -0.05) is 160 Å². The van der Waals surface area contributed by atoms with Gasteiger partial charge in [0, 0.05) is 33.0 Å². The van der Waals surface area contributed by atoms with E-state index in [2.05, 4.69) is 195 Å². The first-order valence-electron chi connectivity index (χ1n) is 21.9. The SMILES string of the molecule is CC1(C)c2ccccc2-c2cccc(-c3ccccc3-c3ccc(N(c4ccc5c(c4)C4(CC6CCC4C6)c4ccccc4-5)c4cccc5c4oc4ccccc45)cc3)c21. The fourth-order valence-electron chi connectivity index (χ4n) is 12.7. The number of rotatable bonds is 5. The second kappa shape index (κ2) is 12.4. The summed E-state index contributed by atoms with van der Waals surface area (Å²) in [6.45, 7) is 4.76. The molecule has 2 nitrogen and oxygen atoms in total. The van der Waals surface area contributed by atoms with Gasteiger partial charge in [0.25, 0.3) is 0 Å². The van der Waals surface area contributed by atoms with Crippen LogP contribution in [0.1, 0.15) is 61.8 Å². The summed E-state index contributed by atoms with van der Waals surface area (Å²) in [5.74, 6) is 1.50. The zero-order chi connectivity index (χ0) is 39.7. The van der Waals surface area contributed by atoms with Crippen LogP contribution >= 0.6 is 0 Å². The Bertz CT molecular complexity index is 3220. The second-order valence-electron chi connectivity index (χ2n) is 18.4. The highest BCUT2D eigenvalue weighted by Gasteiger charge is 2.56. The van der Waals surface area contributed by atoms with Gasteiger partial charge in [-0.05, 0) is 134 Å². The van der Waals surface area contributed by atoms with Crippen LogP contribution in [0.25, 0.3) is 66.4 Å². The lowest BCUT2D eigenvalue weighted by Gasteiger charge is -2.37. The third-order valence-electron chi connectivity index (χ3n) is 15.1. The van der Waals surface area contributed by atoms with E-state index in [9.17, 15) is 0 Å². The van der Waals surface area contributed by atoms with Gasteiger partial charge in [0.15, 0.2) is 5.58 Å². The number of para-hydroxylation sites is 2. The van der Waals surface area contributed by atoms with Crippen LogP contribution in [0.5, 0.6) is 0 Å². The molecule has 0 N–H and O–H groups in total. The predicted molar refractivity (Wildman–Crippen MR) is 249 cm³/mol. The quantitative estimate of drug-likeness (QED) is 0.173. The molecule has 0 amide bonds. The Kier molecular flexibility index (Phi) is 7.10. The van der Waals surface area contributed by atoms with Crippen molar-refractivity contribution < 1.29 is 4.42 Å². The zero-order valence-electron chi connectivity index (χ0n) is 34.1. The molecule has 8 aromatic carbocycles. The van der Waals surface area contributed by atoms with E-state index in [-0.39, 0.29) is 10.8 Å². The average molecular weight is 772 g/mol. The minimum absolute atomic E-state index is 0.0863. The molecule has 0 aliphatic heterocycles. The Morgan fingerprint density at radius 1 is 0.500 bits per heavy atom. The van der Waals surface area contributed by atoms with Crippen molar-refractivity contribution in [1.82, 2.24) is 0 Å². The van der Waals surface area contributed by atoms with Crippen molar-refractivity contribution in [3.05, 3.63) is 198 Å². The number of furan rings is 1. The maximum atomic E-state index is 6.78. The molecule has 4 aliphatic rings. The Morgan fingerprint density at radius 2 is 1.12 bits per heavy atom. The molecule has 2 bridgehead atoms. The van der Waals surface area contributed by atoms with Crippen LogP contribution in [-0.4, -0.2) is 0 Å². The maximum Gasteiger partial charge on any atom is 0.159 e. The van der Waals surface area contributed by atoms with Gasteiger partial charge >= 0.3 is 0 Å². The maximum absolute atomic E-state index is 6.78. The summed E-state index contributed by atoms with van der Waals surface area (Å²) >= 11 is 0. The lowest BCUT2D eigenvalue weighted by molar-refractivity contribution is 0.327. The molecule has 3 unspecified atom stereocenters.